The molecule has 6 heteroatoms. The van der Waals surface area contributed by atoms with Crippen molar-refractivity contribution in [1.82, 2.24) is 9.80 Å². The Labute approximate surface area is 177 Å². The van der Waals surface area contributed by atoms with E-state index in [0.717, 1.165) is 28.9 Å². The van der Waals surface area contributed by atoms with E-state index in [9.17, 15) is 19.2 Å². The number of likely N-dealkylation sites (tertiary alicyclic amines) is 1. The van der Waals surface area contributed by atoms with E-state index in [1.54, 1.807) is 0 Å². The average Bonchev–Trinajstić information content (AvgIpc) is 3.18. The van der Waals surface area contributed by atoms with Crippen LogP contribution in [-0.4, -0.2) is 33.4 Å². The first-order valence-electron chi connectivity index (χ1n) is 10.6. The minimum atomic E-state index is -0.377. The third-order valence-electron chi connectivity index (χ3n) is 5.44. The Morgan fingerprint density at radius 2 is 1.60 bits per heavy atom. The number of amides is 4. The third kappa shape index (κ3) is 5.32. The summed E-state index contributed by atoms with van der Waals surface area (Å²) in [5, 5.41) is 0. The van der Waals surface area contributed by atoms with Gasteiger partial charge in [-0.05, 0) is 24.0 Å². The molecule has 2 heterocycles. The molecule has 0 radical (unpaired) electrons. The fourth-order valence-corrected chi connectivity index (χ4v) is 3.75. The van der Waals surface area contributed by atoms with Gasteiger partial charge in [-0.3, -0.25) is 29.0 Å². The van der Waals surface area contributed by atoms with Crippen LogP contribution in [0.5, 0.6) is 0 Å². The summed E-state index contributed by atoms with van der Waals surface area (Å²) < 4.78 is 0. The SMILES string of the molecule is CCCCCC/C=C/C1CC(=O)N(Cc2cccc(CN3C(=O)C=CC3=O)c2)C1=O. The van der Waals surface area contributed by atoms with Crippen molar-refractivity contribution in [2.24, 2.45) is 5.92 Å². The van der Waals surface area contributed by atoms with Gasteiger partial charge < -0.3 is 0 Å². The van der Waals surface area contributed by atoms with Gasteiger partial charge in [0.1, 0.15) is 0 Å². The number of carbonyl (C=O) groups excluding carboxylic acids is 4. The number of unbranched alkanes of at least 4 members (excludes halogenated alkanes) is 4. The van der Waals surface area contributed by atoms with E-state index >= 15 is 0 Å². The number of hydrogen-bond acceptors (Lipinski definition) is 4. The summed E-state index contributed by atoms with van der Waals surface area (Å²) in [5.41, 5.74) is 1.57. The highest BCUT2D eigenvalue weighted by molar-refractivity contribution is 6.12. The summed E-state index contributed by atoms with van der Waals surface area (Å²) in [6.45, 7) is 2.54. The van der Waals surface area contributed by atoms with Gasteiger partial charge in [0.25, 0.3) is 11.8 Å². The summed E-state index contributed by atoms with van der Waals surface area (Å²) in [5.74, 6) is -1.37. The quantitative estimate of drug-likeness (QED) is 0.337. The molecule has 0 N–H and O–H groups in total. The van der Waals surface area contributed by atoms with Gasteiger partial charge in [-0.1, -0.05) is 62.6 Å². The number of nitrogens with zero attached hydrogens (tertiary/aromatic N) is 2. The van der Waals surface area contributed by atoms with Crippen molar-refractivity contribution in [3.05, 3.63) is 59.7 Å². The second-order valence-electron chi connectivity index (χ2n) is 7.82. The Bertz CT molecular complexity index is 869. The molecule has 0 aromatic heterocycles. The lowest BCUT2D eigenvalue weighted by molar-refractivity contribution is -0.140. The van der Waals surface area contributed by atoms with Crippen LogP contribution in [0.4, 0.5) is 0 Å². The molecule has 1 aromatic carbocycles. The lowest BCUT2D eigenvalue weighted by atomic mass is 10.1. The van der Waals surface area contributed by atoms with Crippen molar-refractivity contribution in [2.75, 3.05) is 0 Å². The second kappa shape index (κ2) is 10.1. The van der Waals surface area contributed by atoms with Crippen LogP contribution in [-0.2, 0) is 32.3 Å². The zero-order chi connectivity index (χ0) is 21.5. The zero-order valence-corrected chi connectivity index (χ0v) is 17.4. The Balaban J connectivity index is 1.57. The van der Waals surface area contributed by atoms with E-state index in [-0.39, 0.29) is 49.1 Å². The molecule has 1 unspecified atom stereocenters. The molecular weight excluding hydrogens is 380 g/mol. The van der Waals surface area contributed by atoms with Crippen LogP contribution in [0.15, 0.2) is 48.6 Å². The van der Waals surface area contributed by atoms with E-state index < -0.39 is 0 Å². The molecule has 2 aliphatic heterocycles. The van der Waals surface area contributed by atoms with Crippen molar-refractivity contribution in [1.29, 1.82) is 0 Å². The summed E-state index contributed by atoms with van der Waals surface area (Å²) in [6.07, 6.45) is 12.3. The van der Waals surface area contributed by atoms with Gasteiger partial charge in [-0.2, -0.15) is 0 Å². The van der Waals surface area contributed by atoms with Crippen molar-refractivity contribution in [2.45, 2.75) is 58.5 Å². The van der Waals surface area contributed by atoms with Crippen LogP contribution >= 0.6 is 0 Å². The molecule has 158 valence electrons. The monoisotopic (exact) mass is 408 g/mol. The third-order valence-corrected chi connectivity index (χ3v) is 5.44. The van der Waals surface area contributed by atoms with Crippen LogP contribution in [0.25, 0.3) is 0 Å². The highest BCUT2D eigenvalue weighted by atomic mass is 16.2. The number of carbonyl (C=O) groups is 4. The minimum Gasteiger partial charge on any atom is -0.278 e. The molecule has 30 heavy (non-hydrogen) atoms. The number of benzene rings is 1. The first kappa shape index (κ1) is 21.7. The maximum atomic E-state index is 12.7. The molecule has 0 bridgehead atoms. The molecule has 0 saturated carbocycles. The average molecular weight is 408 g/mol. The Morgan fingerprint density at radius 3 is 2.27 bits per heavy atom. The zero-order valence-electron chi connectivity index (χ0n) is 17.4. The molecule has 4 amide bonds. The van der Waals surface area contributed by atoms with E-state index in [1.807, 2.05) is 36.4 Å². The van der Waals surface area contributed by atoms with Gasteiger partial charge >= 0.3 is 0 Å². The van der Waals surface area contributed by atoms with Crippen molar-refractivity contribution in [3.8, 4) is 0 Å². The Hall–Kier alpha value is -3.02. The molecule has 0 spiro atoms. The molecule has 1 saturated heterocycles. The van der Waals surface area contributed by atoms with E-state index in [4.69, 9.17) is 0 Å². The van der Waals surface area contributed by atoms with Crippen LogP contribution in [0, 0.1) is 5.92 Å². The Morgan fingerprint density at radius 1 is 0.933 bits per heavy atom. The van der Waals surface area contributed by atoms with Gasteiger partial charge in [0, 0.05) is 18.6 Å². The summed E-state index contributed by atoms with van der Waals surface area (Å²) >= 11 is 0. The standard InChI is InChI=1S/C24H28N2O4/c1-2-3-4-5-6-7-11-20-15-23(29)26(24(20)30)17-19-10-8-9-18(14-19)16-25-21(27)12-13-22(25)28/h7-14,20H,2-6,15-17H2,1H3/b11-7+. The molecule has 2 aliphatic rings. The van der Waals surface area contributed by atoms with Crippen molar-refractivity contribution < 1.29 is 19.2 Å². The smallest absolute Gasteiger partial charge is 0.253 e. The highest BCUT2D eigenvalue weighted by Crippen LogP contribution is 2.24. The second-order valence-corrected chi connectivity index (χ2v) is 7.82. The van der Waals surface area contributed by atoms with Crippen molar-refractivity contribution in [3.63, 3.8) is 0 Å². The van der Waals surface area contributed by atoms with Gasteiger partial charge in [-0.15, -0.1) is 0 Å². The molecule has 1 atom stereocenters. The molecule has 6 nitrogen and oxygen atoms in total. The van der Waals surface area contributed by atoms with Gasteiger partial charge in [-0.25, -0.2) is 0 Å². The first-order valence-corrected chi connectivity index (χ1v) is 10.6. The topological polar surface area (TPSA) is 74.8 Å². The fraction of sp³-hybridized carbons (Fsp3) is 0.417. The summed E-state index contributed by atoms with van der Waals surface area (Å²) in [6, 6.07) is 7.30. The predicted octanol–water partition coefficient (Wildman–Crippen LogP) is 3.51. The molecule has 1 fully saturated rings. The maximum Gasteiger partial charge on any atom is 0.253 e. The molecule has 0 aliphatic carbocycles. The van der Waals surface area contributed by atoms with Crippen molar-refractivity contribution >= 4 is 23.6 Å². The van der Waals surface area contributed by atoms with Crippen LogP contribution in [0.2, 0.25) is 0 Å². The van der Waals surface area contributed by atoms with E-state index in [2.05, 4.69) is 6.92 Å². The van der Waals surface area contributed by atoms with Crippen LogP contribution < -0.4 is 0 Å². The Kier molecular flexibility index (Phi) is 7.33. The normalized spacial score (nSPS) is 19.2. The largest absolute Gasteiger partial charge is 0.278 e. The highest BCUT2D eigenvalue weighted by Gasteiger charge is 2.36. The summed E-state index contributed by atoms with van der Waals surface area (Å²) in [4.78, 5) is 51.0. The van der Waals surface area contributed by atoms with Crippen LogP contribution in [0.1, 0.15) is 56.6 Å². The lowest BCUT2D eigenvalue weighted by Crippen LogP contribution is -2.30. The predicted molar refractivity (Wildman–Crippen MR) is 113 cm³/mol. The van der Waals surface area contributed by atoms with E-state index in [1.165, 1.54) is 36.3 Å². The molecular formula is C24H28N2O4. The summed E-state index contributed by atoms with van der Waals surface area (Å²) in [7, 11) is 0. The minimum absolute atomic E-state index is 0.163. The molecule has 3 rings (SSSR count). The fourth-order valence-electron chi connectivity index (χ4n) is 3.75. The number of rotatable bonds is 10. The van der Waals surface area contributed by atoms with Crippen LogP contribution in [0.3, 0.4) is 0 Å². The lowest BCUT2D eigenvalue weighted by Gasteiger charge is -2.17. The first-order chi connectivity index (χ1) is 14.5. The van der Waals surface area contributed by atoms with Gasteiger partial charge in [0.05, 0.1) is 19.0 Å². The number of allylic oxidation sites excluding steroid dienone is 1. The van der Waals surface area contributed by atoms with Gasteiger partial charge in [0.15, 0.2) is 0 Å². The van der Waals surface area contributed by atoms with Gasteiger partial charge in [0.2, 0.25) is 11.8 Å². The molecule has 1 aromatic rings. The number of hydrogen-bond donors (Lipinski definition) is 0. The van der Waals surface area contributed by atoms with E-state index in [0.29, 0.717) is 0 Å². The maximum absolute atomic E-state index is 12.7. The number of imide groups is 2.